The molecule has 7 heteroatoms. The van der Waals surface area contributed by atoms with Gasteiger partial charge in [0, 0.05) is 19.8 Å². The highest BCUT2D eigenvalue weighted by atomic mass is 16.6. The van der Waals surface area contributed by atoms with Crippen LogP contribution in [-0.4, -0.2) is 30.6 Å². The summed E-state index contributed by atoms with van der Waals surface area (Å²) in [7, 11) is 1.57. The topological polar surface area (TPSA) is 107 Å². The Morgan fingerprint density at radius 3 is 2.85 bits per heavy atom. The minimum absolute atomic E-state index is 0.145. The normalized spacial score (nSPS) is 11.9. The van der Waals surface area contributed by atoms with Gasteiger partial charge in [-0.1, -0.05) is 6.07 Å². The average molecular weight is 281 g/mol. The van der Waals surface area contributed by atoms with E-state index in [0.29, 0.717) is 19.4 Å². The van der Waals surface area contributed by atoms with Crippen LogP contribution < -0.4 is 11.1 Å². The first-order valence-electron chi connectivity index (χ1n) is 6.26. The molecule has 110 valence electrons. The molecule has 0 heterocycles. The van der Waals surface area contributed by atoms with Crippen LogP contribution in [0.5, 0.6) is 0 Å². The molecule has 1 aromatic carbocycles. The number of ether oxygens (including phenoxy) is 1. The third-order valence-corrected chi connectivity index (χ3v) is 2.81. The van der Waals surface area contributed by atoms with Gasteiger partial charge in [-0.15, -0.1) is 0 Å². The summed E-state index contributed by atoms with van der Waals surface area (Å²) in [5.74, 6) is -0.435. The molecule has 20 heavy (non-hydrogen) atoms. The fourth-order valence-corrected chi connectivity index (χ4v) is 1.71. The van der Waals surface area contributed by atoms with Crippen molar-refractivity contribution in [1.82, 2.24) is 0 Å². The predicted octanol–water partition coefficient (Wildman–Crippen LogP) is 1.60. The molecule has 1 amide bonds. The van der Waals surface area contributed by atoms with E-state index in [1.165, 1.54) is 6.07 Å². The standard InChI is InChI=1S/C13H19N3O4/c1-9-5-6-12(16(18)19)11(8-9)15-13(17)10(14)4-3-7-20-2/h5-6,8,10H,3-4,7,14H2,1-2H3,(H,15,17). The summed E-state index contributed by atoms with van der Waals surface area (Å²) in [6.07, 6.45) is 1.11. The minimum atomic E-state index is -0.717. The Hall–Kier alpha value is -1.99. The number of hydrogen-bond acceptors (Lipinski definition) is 5. The summed E-state index contributed by atoms with van der Waals surface area (Å²) in [5, 5.41) is 13.4. The highest BCUT2D eigenvalue weighted by molar-refractivity contribution is 5.96. The van der Waals surface area contributed by atoms with Crippen molar-refractivity contribution in [3.63, 3.8) is 0 Å². The van der Waals surface area contributed by atoms with Crippen LogP contribution in [0.1, 0.15) is 18.4 Å². The van der Waals surface area contributed by atoms with E-state index in [1.807, 2.05) is 0 Å². The number of methoxy groups -OCH3 is 1. The molecule has 0 saturated heterocycles. The van der Waals surface area contributed by atoms with Crippen molar-refractivity contribution >= 4 is 17.3 Å². The molecule has 0 spiro atoms. The Morgan fingerprint density at radius 1 is 1.55 bits per heavy atom. The maximum absolute atomic E-state index is 11.9. The Balaban J connectivity index is 2.74. The number of nitro benzene ring substituents is 1. The molecule has 0 fully saturated rings. The summed E-state index contributed by atoms with van der Waals surface area (Å²) in [5.41, 5.74) is 6.57. The number of nitrogens with zero attached hydrogens (tertiary/aromatic N) is 1. The maximum atomic E-state index is 11.9. The summed E-state index contributed by atoms with van der Waals surface area (Å²) in [6.45, 7) is 2.31. The minimum Gasteiger partial charge on any atom is -0.385 e. The van der Waals surface area contributed by atoms with Crippen LogP contribution in [-0.2, 0) is 9.53 Å². The lowest BCUT2D eigenvalue weighted by molar-refractivity contribution is -0.383. The van der Waals surface area contributed by atoms with Crippen molar-refractivity contribution in [3.05, 3.63) is 33.9 Å². The number of nitrogens with two attached hydrogens (primary N) is 1. The molecule has 0 aromatic heterocycles. The number of nitro groups is 1. The van der Waals surface area contributed by atoms with Gasteiger partial charge in [0.05, 0.1) is 11.0 Å². The molecule has 1 unspecified atom stereocenters. The number of benzene rings is 1. The van der Waals surface area contributed by atoms with Crippen LogP contribution in [0.2, 0.25) is 0 Å². The van der Waals surface area contributed by atoms with Gasteiger partial charge >= 0.3 is 0 Å². The van der Waals surface area contributed by atoms with Gasteiger partial charge in [-0.25, -0.2) is 0 Å². The van der Waals surface area contributed by atoms with E-state index in [1.54, 1.807) is 26.2 Å². The van der Waals surface area contributed by atoms with Crippen LogP contribution in [0.25, 0.3) is 0 Å². The second-order valence-electron chi connectivity index (χ2n) is 4.51. The molecule has 1 atom stereocenters. The zero-order valence-electron chi connectivity index (χ0n) is 11.6. The molecule has 1 aromatic rings. The molecule has 1 rings (SSSR count). The van der Waals surface area contributed by atoms with Crippen LogP contribution in [0.4, 0.5) is 11.4 Å². The van der Waals surface area contributed by atoms with E-state index in [-0.39, 0.29) is 11.4 Å². The summed E-state index contributed by atoms with van der Waals surface area (Å²) >= 11 is 0. The largest absolute Gasteiger partial charge is 0.385 e. The lowest BCUT2D eigenvalue weighted by Crippen LogP contribution is -2.35. The van der Waals surface area contributed by atoms with Crippen molar-refractivity contribution < 1.29 is 14.5 Å². The van der Waals surface area contributed by atoms with Gasteiger partial charge in [0.15, 0.2) is 0 Å². The van der Waals surface area contributed by atoms with Crippen molar-refractivity contribution in [2.75, 3.05) is 19.0 Å². The van der Waals surface area contributed by atoms with E-state index in [4.69, 9.17) is 10.5 Å². The monoisotopic (exact) mass is 281 g/mol. The first kappa shape index (κ1) is 16.1. The van der Waals surface area contributed by atoms with Crippen molar-refractivity contribution in [2.45, 2.75) is 25.8 Å². The van der Waals surface area contributed by atoms with Gasteiger partial charge in [-0.05, 0) is 31.4 Å². The van der Waals surface area contributed by atoms with Gasteiger partial charge in [-0.2, -0.15) is 0 Å². The van der Waals surface area contributed by atoms with Crippen LogP contribution in [0.3, 0.4) is 0 Å². The van der Waals surface area contributed by atoms with Crippen LogP contribution >= 0.6 is 0 Å². The van der Waals surface area contributed by atoms with Crippen molar-refractivity contribution in [2.24, 2.45) is 5.73 Å². The number of carbonyl (C=O) groups excluding carboxylic acids is 1. The third-order valence-electron chi connectivity index (χ3n) is 2.81. The molecular formula is C13H19N3O4. The van der Waals surface area contributed by atoms with Gasteiger partial charge < -0.3 is 15.8 Å². The van der Waals surface area contributed by atoms with E-state index in [0.717, 1.165) is 5.56 Å². The van der Waals surface area contributed by atoms with E-state index in [2.05, 4.69) is 5.32 Å². The van der Waals surface area contributed by atoms with Crippen LogP contribution in [0.15, 0.2) is 18.2 Å². The zero-order chi connectivity index (χ0) is 15.1. The Labute approximate surface area is 117 Å². The lowest BCUT2D eigenvalue weighted by Gasteiger charge is -2.12. The second-order valence-corrected chi connectivity index (χ2v) is 4.51. The smallest absolute Gasteiger partial charge is 0.292 e. The van der Waals surface area contributed by atoms with E-state index >= 15 is 0 Å². The Kier molecular flexibility index (Phi) is 6.08. The third kappa shape index (κ3) is 4.60. The van der Waals surface area contributed by atoms with Crippen molar-refractivity contribution in [3.8, 4) is 0 Å². The van der Waals surface area contributed by atoms with Gasteiger partial charge in [0.25, 0.3) is 5.69 Å². The van der Waals surface area contributed by atoms with Gasteiger partial charge in [0.2, 0.25) is 5.91 Å². The second kappa shape index (κ2) is 7.56. The Bertz CT molecular complexity index is 491. The molecule has 0 saturated carbocycles. The van der Waals surface area contributed by atoms with Gasteiger partial charge in [-0.3, -0.25) is 14.9 Å². The summed E-state index contributed by atoms with van der Waals surface area (Å²) in [6, 6.07) is 3.82. The summed E-state index contributed by atoms with van der Waals surface area (Å²) in [4.78, 5) is 22.3. The number of amides is 1. The van der Waals surface area contributed by atoms with E-state index < -0.39 is 16.9 Å². The fraction of sp³-hybridized carbons (Fsp3) is 0.462. The first-order valence-corrected chi connectivity index (χ1v) is 6.26. The molecule has 0 aliphatic carbocycles. The highest BCUT2D eigenvalue weighted by Crippen LogP contribution is 2.25. The molecule has 0 bridgehead atoms. The maximum Gasteiger partial charge on any atom is 0.292 e. The van der Waals surface area contributed by atoms with Crippen molar-refractivity contribution in [1.29, 1.82) is 0 Å². The number of rotatable bonds is 7. The SMILES string of the molecule is COCCCC(N)C(=O)Nc1cc(C)ccc1[N+](=O)[O-]. The molecule has 0 aliphatic heterocycles. The number of nitrogens with one attached hydrogen (secondary N) is 1. The highest BCUT2D eigenvalue weighted by Gasteiger charge is 2.19. The lowest BCUT2D eigenvalue weighted by atomic mass is 10.1. The number of aryl methyl sites for hydroxylation is 1. The molecule has 0 aliphatic rings. The molecule has 0 radical (unpaired) electrons. The van der Waals surface area contributed by atoms with Crippen LogP contribution in [0, 0.1) is 17.0 Å². The summed E-state index contributed by atoms with van der Waals surface area (Å²) < 4.78 is 4.88. The molecule has 7 nitrogen and oxygen atoms in total. The quantitative estimate of drug-likeness (QED) is 0.448. The number of carbonyl (C=O) groups is 1. The Morgan fingerprint density at radius 2 is 2.25 bits per heavy atom. The molecular weight excluding hydrogens is 262 g/mol. The number of hydrogen-bond donors (Lipinski definition) is 2. The van der Waals surface area contributed by atoms with E-state index in [9.17, 15) is 14.9 Å². The average Bonchev–Trinajstić information content (AvgIpc) is 2.38. The number of anilines is 1. The predicted molar refractivity (Wildman–Crippen MR) is 75.5 cm³/mol. The molecule has 3 N–H and O–H groups in total. The zero-order valence-corrected chi connectivity index (χ0v) is 11.6. The fourth-order valence-electron chi connectivity index (χ4n) is 1.71. The van der Waals surface area contributed by atoms with Gasteiger partial charge in [0.1, 0.15) is 5.69 Å². The first-order chi connectivity index (χ1) is 9.45.